The molecule has 0 unspecified atom stereocenters. The minimum absolute atomic E-state index is 0.652. The number of aromatic nitrogens is 1. The van der Waals surface area contributed by atoms with Crippen LogP contribution in [0.15, 0.2) is 48.0 Å². The van der Waals surface area contributed by atoms with Gasteiger partial charge in [0.15, 0.2) is 0 Å². The second-order valence-electron chi connectivity index (χ2n) is 3.85. The van der Waals surface area contributed by atoms with E-state index in [2.05, 4.69) is 22.4 Å². The fourth-order valence-corrected chi connectivity index (χ4v) is 2.48. The Kier molecular flexibility index (Phi) is 2.67. The molecule has 2 aromatic carbocycles. The Labute approximate surface area is 108 Å². The molecule has 0 aliphatic rings. The predicted molar refractivity (Wildman–Crippen MR) is 74.1 cm³/mol. The molecule has 0 radical (unpaired) electrons. The first-order valence-corrected chi connectivity index (χ1v) is 6.33. The van der Waals surface area contributed by atoms with E-state index in [0.717, 1.165) is 21.6 Å². The van der Waals surface area contributed by atoms with Crippen LogP contribution < -0.4 is 5.32 Å². The minimum atomic E-state index is 0.652. The normalized spacial score (nSPS) is 10.2. The number of nitriles is 1. The fourth-order valence-electron chi connectivity index (χ4n) is 1.77. The average Bonchev–Trinajstić information content (AvgIpc) is 2.86. The first-order valence-electron chi connectivity index (χ1n) is 5.45. The lowest BCUT2D eigenvalue weighted by Gasteiger charge is -2.06. The van der Waals surface area contributed by atoms with E-state index in [0.29, 0.717) is 5.56 Å². The van der Waals surface area contributed by atoms with Crippen molar-refractivity contribution < 1.29 is 0 Å². The summed E-state index contributed by atoms with van der Waals surface area (Å²) in [5.41, 5.74) is 5.42. The summed E-state index contributed by atoms with van der Waals surface area (Å²) in [6.45, 7) is 0. The van der Waals surface area contributed by atoms with Crippen molar-refractivity contribution in [2.24, 2.45) is 0 Å². The molecule has 0 aliphatic heterocycles. The number of benzene rings is 2. The van der Waals surface area contributed by atoms with Gasteiger partial charge in [-0.3, -0.25) is 0 Å². The van der Waals surface area contributed by atoms with Crippen LogP contribution in [0.5, 0.6) is 0 Å². The molecule has 1 aromatic heterocycles. The van der Waals surface area contributed by atoms with Crippen molar-refractivity contribution in [1.82, 2.24) is 4.98 Å². The van der Waals surface area contributed by atoms with Gasteiger partial charge in [-0.2, -0.15) is 5.26 Å². The molecule has 0 spiro atoms. The van der Waals surface area contributed by atoms with Crippen LogP contribution in [0.2, 0.25) is 0 Å². The second-order valence-corrected chi connectivity index (χ2v) is 4.74. The molecule has 86 valence electrons. The van der Waals surface area contributed by atoms with Gasteiger partial charge in [0.1, 0.15) is 0 Å². The Balaban J connectivity index is 1.93. The van der Waals surface area contributed by atoms with Crippen molar-refractivity contribution in [1.29, 1.82) is 5.26 Å². The molecule has 3 nitrogen and oxygen atoms in total. The molecule has 0 amide bonds. The molecule has 0 saturated carbocycles. The molecule has 0 atom stereocenters. The molecule has 1 N–H and O–H groups in total. The summed E-state index contributed by atoms with van der Waals surface area (Å²) in [7, 11) is 0. The number of anilines is 2. The van der Waals surface area contributed by atoms with Gasteiger partial charge in [-0.1, -0.05) is 6.07 Å². The number of fused-ring (bicyclic) bond motifs is 1. The summed E-state index contributed by atoms with van der Waals surface area (Å²) in [5, 5.41) is 12.1. The maximum Gasteiger partial charge on any atom is 0.0992 e. The number of rotatable bonds is 2. The van der Waals surface area contributed by atoms with E-state index < -0.39 is 0 Å². The highest BCUT2D eigenvalue weighted by atomic mass is 32.1. The van der Waals surface area contributed by atoms with Crippen LogP contribution in [0.4, 0.5) is 11.4 Å². The van der Waals surface area contributed by atoms with Crippen LogP contribution in [0.3, 0.4) is 0 Å². The number of hydrogen-bond donors (Lipinski definition) is 1. The maximum atomic E-state index is 8.86. The lowest BCUT2D eigenvalue weighted by molar-refractivity contribution is 1.47. The molecular weight excluding hydrogens is 242 g/mol. The third-order valence-corrected chi connectivity index (χ3v) is 3.40. The smallest absolute Gasteiger partial charge is 0.0992 e. The average molecular weight is 251 g/mol. The first-order chi connectivity index (χ1) is 8.85. The van der Waals surface area contributed by atoms with E-state index in [1.165, 1.54) is 0 Å². The van der Waals surface area contributed by atoms with Crippen molar-refractivity contribution in [2.45, 2.75) is 0 Å². The summed E-state index contributed by atoms with van der Waals surface area (Å²) < 4.78 is 1.15. The van der Waals surface area contributed by atoms with Crippen LogP contribution in [0, 0.1) is 11.3 Å². The maximum absolute atomic E-state index is 8.86. The summed E-state index contributed by atoms with van der Waals surface area (Å²) in [4.78, 5) is 4.24. The Morgan fingerprint density at radius 2 is 2.00 bits per heavy atom. The summed E-state index contributed by atoms with van der Waals surface area (Å²) >= 11 is 1.62. The van der Waals surface area contributed by atoms with E-state index >= 15 is 0 Å². The number of nitrogens with zero attached hydrogens (tertiary/aromatic N) is 2. The van der Waals surface area contributed by atoms with E-state index in [9.17, 15) is 0 Å². The lowest BCUT2D eigenvalue weighted by Crippen LogP contribution is -1.90. The van der Waals surface area contributed by atoms with Gasteiger partial charge in [-0.15, -0.1) is 11.3 Å². The van der Waals surface area contributed by atoms with Crippen molar-refractivity contribution in [3.8, 4) is 6.07 Å². The zero-order valence-corrected chi connectivity index (χ0v) is 10.2. The predicted octanol–water partition coefficient (Wildman–Crippen LogP) is 3.91. The van der Waals surface area contributed by atoms with E-state index in [-0.39, 0.29) is 0 Å². The molecule has 4 heteroatoms. The Bertz CT molecular complexity index is 740. The zero-order valence-electron chi connectivity index (χ0n) is 9.42. The zero-order chi connectivity index (χ0) is 12.4. The van der Waals surface area contributed by atoms with Gasteiger partial charge < -0.3 is 5.32 Å². The van der Waals surface area contributed by atoms with Crippen LogP contribution in [-0.2, 0) is 0 Å². The molecule has 0 bridgehead atoms. The Morgan fingerprint density at radius 1 is 1.11 bits per heavy atom. The molecule has 18 heavy (non-hydrogen) atoms. The number of nitrogens with one attached hydrogen (secondary N) is 1. The summed E-state index contributed by atoms with van der Waals surface area (Å²) in [5.74, 6) is 0. The van der Waals surface area contributed by atoms with Gasteiger partial charge in [0.25, 0.3) is 0 Å². The topological polar surface area (TPSA) is 48.7 Å². The third-order valence-electron chi connectivity index (χ3n) is 2.61. The summed E-state index contributed by atoms with van der Waals surface area (Å²) in [6.07, 6.45) is 0. The summed E-state index contributed by atoms with van der Waals surface area (Å²) in [6, 6.07) is 15.6. The van der Waals surface area contributed by atoms with Crippen molar-refractivity contribution in [3.63, 3.8) is 0 Å². The lowest BCUT2D eigenvalue weighted by atomic mass is 10.2. The molecule has 0 fully saturated rings. The fraction of sp³-hybridized carbons (Fsp3) is 0. The largest absolute Gasteiger partial charge is 0.355 e. The van der Waals surface area contributed by atoms with Crippen LogP contribution in [0.25, 0.3) is 10.2 Å². The standard InChI is InChI=1S/C14H9N3S/c15-8-10-2-1-3-11(6-10)17-12-4-5-13-14(7-12)18-9-16-13/h1-7,9,17H. The van der Waals surface area contributed by atoms with Gasteiger partial charge >= 0.3 is 0 Å². The molecule has 1 heterocycles. The molecule has 3 rings (SSSR count). The van der Waals surface area contributed by atoms with Crippen LogP contribution in [0.1, 0.15) is 5.56 Å². The Hall–Kier alpha value is -2.38. The van der Waals surface area contributed by atoms with Gasteiger partial charge in [-0.05, 0) is 36.4 Å². The van der Waals surface area contributed by atoms with Gasteiger partial charge in [0, 0.05) is 11.4 Å². The van der Waals surface area contributed by atoms with Crippen LogP contribution >= 0.6 is 11.3 Å². The monoisotopic (exact) mass is 251 g/mol. The molecule has 0 aliphatic carbocycles. The van der Waals surface area contributed by atoms with E-state index in [4.69, 9.17) is 5.26 Å². The van der Waals surface area contributed by atoms with Crippen molar-refractivity contribution >= 4 is 32.9 Å². The van der Waals surface area contributed by atoms with Crippen LogP contribution in [-0.4, -0.2) is 4.98 Å². The minimum Gasteiger partial charge on any atom is -0.355 e. The quantitative estimate of drug-likeness (QED) is 0.751. The highest BCUT2D eigenvalue weighted by molar-refractivity contribution is 7.16. The highest BCUT2D eigenvalue weighted by Gasteiger charge is 2.00. The first kappa shape index (κ1) is 10.8. The van der Waals surface area contributed by atoms with Gasteiger partial charge in [-0.25, -0.2) is 4.98 Å². The van der Waals surface area contributed by atoms with Gasteiger partial charge in [0.05, 0.1) is 27.4 Å². The van der Waals surface area contributed by atoms with E-state index in [1.54, 1.807) is 17.4 Å². The highest BCUT2D eigenvalue weighted by Crippen LogP contribution is 2.24. The van der Waals surface area contributed by atoms with E-state index in [1.807, 2.05) is 35.8 Å². The third kappa shape index (κ3) is 2.04. The molecule has 3 aromatic rings. The van der Waals surface area contributed by atoms with Crippen molar-refractivity contribution in [2.75, 3.05) is 5.32 Å². The number of thiazole rings is 1. The Morgan fingerprint density at radius 3 is 2.89 bits per heavy atom. The second kappa shape index (κ2) is 4.47. The molecule has 0 saturated heterocycles. The SMILES string of the molecule is N#Cc1cccc(Nc2ccc3ncsc3c2)c1. The van der Waals surface area contributed by atoms with Crippen molar-refractivity contribution in [3.05, 3.63) is 53.5 Å². The van der Waals surface area contributed by atoms with Gasteiger partial charge in [0.2, 0.25) is 0 Å². The molecular formula is C14H9N3S. The number of hydrogen-bond acceptors (Lipinski definition) is 4.